The first-order valence-corrected chi connectivity index (χ1v) is 10.2. The van der Waals surface area contributed by atoms with Crippen LogP contribution in [0.3, 0.4) is 0 Å². The molecule has 3 rings (SSSR count). The predicted octanol–water partition coefficient (Wildman–Crippen LogP) is 5.28. The van der Waals surface area contributed by atoms with Gasteiger partial charge in [0.1, 0.15) is 5.75 Å². The van der Waals surface area contributed by atoms with Gasteiger partial charge in [-0.05, 0) is 79.5 Å². The molecule has 3 nitrogen and oxygen atoms in total. The smallest absolute Gasteiger partial charge is 0.258 e. The molecule has 1 aliphatic rings. The minimum Gasteiger partial charge on any atom is -0.484 e. The summed E-state index contributed by atoms with van der Waals surface area (Å²) < 4.78 is 6.68. The van der Waals surface area contributed by atoms with E-state index in [-0.39, 0.29) is 18.6 Å². The van der Waals surface area contributed by atoms with Gasteiger partial charge < -0.3 is 10.1 Å². The second-order valence-corrected chi connectivity index (χ2v) is 7.82. The van der Waals surface area contributed by atoms with Crippen LogP contribution in [0, 0.1) is 6.92 Å². The molecule has 4 heteroatoms. The zero-order valence-corrected chi connectivity index (χ0v) is 17.1. The average Bonchev–Trinajstić information content (AvgIpc) is 2.66. The molecule has 1 aliphatic carbocycles. The molecule has 0 aromatic heterocycles. The summed E-state index contributed by atoms with van der Waals surface area (Å²) in [6, 6.07) is 12.4. The zero-order chi connectivity index (χ0) is 18.5. The lowest BCUT2D eigenvalue weighted by molar-refractivity contribution is -0.123. The third kappa shape index (κ3) is 4.67. The molecule has 2 aromatic rings. The van der Waals surface area contributed by atoms with Crippen molar-refractivity contribution in [2.75, 3.05) is 6.61 Å². The molecule has 0 fully saturated rings. The van der Waals surface area contributed by atoms with Crippen LogP contribution in [0.15, 0.2) is 40.9 Å². The SMILES string of the molecule is CC[C@H](NC(=O)COc1ccc(Br)c(C)c1)c1ccc2c(c1)CCCC2. The minimum absolute atomic E-state index is 0.0303. The third-order valence-corrected chi connectivity index (χ3v) is 5.91. The van der Waals surface area contributed by atoms with E-state index < -0.39 is 0 Å². The van der Waals surface area contributed by atoms with Gasteiger partial charge >= 0.3 is 0 Å². The second kappa shape index (κ2) is 8.72. The molecule has 138 valence electrons. The van der Waals surface area contributed by atoms with E-state index in [0.29, 0.717) is 5.75 Å². The number of aryl methyl sites for hydroxylation is 3. The summed E-state index contributed by atoms with van der Waals surface area (Å²) in [6.45, 7) is 4.13. The Morgan fingerprint density at radius 3 is 2.65 bits per heavy atom. The molecule has 0 saturated heterocycles. The molecule has 0 heterocycles. The van der Waals surface area contributed by atoms with Crippen molar-refractivity contribution in [1.29, 1.82) is 0 Å². The Kier molecular flexibility index (Phi) is 6.36. The number of hydrogen-bond donors (Lipinski definition) is 1. The fourth-order valence-electron chi connectivity index (χ4n) is 3.48. The summed E-state index contributed by atoms with van der Waals surface area (Å²) in [5, 5.41) is 3.11. The van der Waals surface area contributed by atoms with Gasteiger partial charge in [-0.1, -0.05) is 41.1 Å². The molecule has 0 unspecified atom stereocenters. The molecule has 0 spiro atoms. The van der Waals surface area contributed by atoms with Crippen LogP contribution >= 0.6 is 15.9 Å². The van der Waals surface area contributed by atoms with Gasteiger partial charge in [-0.3, -0.25) is 4.79 Å². The van der Waals surface area contributed by atoms with E-state index >= 15 is 0 Å². The number of ether oxygens (including phenoxy) is 1. The Labute approximate surface area is 164 Å². The number of amides is 1. The van der Waals surface area contributed by atoms with Crippen molar-refractivity contribution < 1.29 is 9.53 Å². The molecule has 0 bridgehead atoms. The van der Waals surface area contributed by atoms with Crippen molar-refractivity contribution in [3.63, 3.8) is 0 Å². The lowest BCUT2D eigenvalue weighted by atomic mass is 9.89. The van der Waals surface area contributed by atoms with Gasteiger partial charge in [0.05, 0.1) is 6.04 Å². The van der Waals surface area contributed by atoms with E-state index in [1.807, 2.05) is 25.1 Å². The number of halogens is 1. The molecule has 1 amide bonds. The molecule has 26 heavy (non-hydrogen) atoms. The Hall–Kier alpha value is -1.81. The predicted molar refractivity (Wildman–Crippen MR) is 109 cm³/mol. The Bertz CT molecular complexity index is 788. The Morgan fingerprint density at radius 2 is 1.92 bits per heavy atom. The highest BCUT2D eigenvalue weighted by Gasteiger charge is 2.16. The van der Waals surface area contributed by atoms with Gasteiger partial charge in [0, 0.05) is 4.47 Å². The first-order chi connectivity index (χ1) is 12.6. The van der Waals surface area contributed by atoms with Crippen molar-refractivity contribution in [3.05, 3.63) is 63.1 Å². The van der Waals surface area contributed by atoms with Crippen LogP contribution in [0.1, 0.15) is 54.5 Å². The number of fused-ring (bicyclic) bond motifs is 1. The summed E-state index contributed by atoms with van der Waals surface area (Å²) in [6.07, 6.45) is 5.74. The van der Waals surface area contributed by atoms with Gasteiger partial charge in [-0.2, -0.15) is 0 Å². The third-order valence-electron chi connectivity index (χ3n) is 5.02. The van der Waals surface area contributed by atoms with E-state index in [1.54, 1.807) is 0 Å². The summed E-state index contributed by atoms with van der Waals surface area (Å²) >= 11 is 3.47. The maximum Gasteiger partial charge on any atom is 0.258 e. The van der Waals surface area contributed by atoms with Crippen molar-refractivity contribution in [2.24, 2.45) is 0 Å². The highest BCUT2D eigenvalue weighted by Crippen LogP contribution is 2.26. The first-order valence-electron chi connectivity index (χ1n) is 9.37. The van der Waals surface area contributed by atoms with E-state index in [4.69, 9.17) is 4.74 Å². The van der Waals surface area contributed by atoms with Crippen LogP contribution in [0.2, 0.25) is 0 Å². The number of carbonyl (C=O) groups excluding carboxylic acids is 1. The lowest BCUT2D eigenvalue weighted by Gasteiger charge is -2.22. The van der Waals surface area contributed by atoms with E-state index in [2.05, 4.69) is 46.4 Å². The molecular weight excluding hydrogens is 390 g/mol. The fourth-order valence-corrected chi connectivity index (χ4v) is 3.73. The van der Waals surface area contributed by atoms with Crippen molar-refractivity contribution >= 4 is 21.8 Å². The summed E-state index contributed by atoms with van der Waals surface area (Å²) in [4.78, 5) is 12.4. The van der Waals surface area contributed by atoms with Crippen LogP contribution in [0.4, 0.5) is 0 Å². The normalized spacial score (nSPS) is 14.4. The highest BCUT2D eigenvalue weighted by molar-refractivity contribution is 9.10. The van der Waals surface area contributed by atoms with Crippen LogP contribution in [-0.4, -0.2) is 12.5 Å². The van der Waals surface area contributed by atoms with Gasteiger partial charge in [0.25, 0.3) is 5.91 Å². The molecule has 0 radical (unpaired) electrons. The topological polar surface area (TPSA) is 38.3 Å². The summed E-state index contributed by atoms with van der Waals surface area (Å²) in [7, 11) is 0. The van der Waals surface area contributed by atoms with E-state index in [9.17, 15) is 4.79 Å². The van der Waals surface area contributed by atoms with Gasteiger partial charge in [-0.15, -0.1) is 0 Å². The monoisotopic (exact) mass is 415 g/mol. The van der Waals surface area contributed by atoms with Gasteiger partial charge in [0.15, 0.2) is 6.61 Å². The van der Waals surface area contributed by atoms with E-state index in [1.165, 1.54) is 36.0 Å². The maximum absolute atomic E-state index is 12.4. The average molecular weight is 416 g/mol. The molecule has 0 aliphatic heterocycles. The summed E-state index contributed by atoms with van der Waals surface area (Å²) in [5.74, 6) is 0.623. The molecular formula is C22H26BrNO2. The number of carbonyl (C=O) groups is 1. The lowest BCUT2D eigenvalue weighted by Crippen LogP contribution is -2.32. The van der Waals surface area contributed by atoms with Crippen LogP contribution in [0.5, 0.6) is 5.75 Å². The van der Waals surface area contributed by atoms with Gasteiger partial charge in [0.2, 0.25) is 0 Å². The van der Waals surface area contributed by atoms with Crippen LogP contribution < -0.4 is 10.1 Å². The fraction of sp³-hybridized carbons (Fsp3) is 0.409. The molecule has 2 aromatic carbocycles. The highest BCUT2D eigenvalue weighted by atomic mass is 79.9. The minimum atomic E-state index is -0.0878. The summed E-state index contributed by atoms with van der Waals surface area (Å²) in [5.41, 5.74) is 5.20. The number of nitrogens with one attached hydrogen (secondary N) is 1. The van der Waals surface area contributed by atoms with Crippen LogP contribution in [0.25, 0.3) is 0 Å². The second-order valence-electron chi connectivity index (χ2n) is 6.96. The van der Waals surface area contributed by atoms with Gasteiger partial charge in [-0.25, -0.2) is 0 Å². The maximum atomic E-state index is 12.4. The quantitative estimate of drug-likeness (QED) is 0.696. The number of rotatable bonds is 6. The van der Waals surface area contributed by atoms with Crippen molar-refractivity contribution in [2.45, 2.75) is 52.0 Å². The number of benzene rings is 2. The zero-order valence-electron chi connectivity index (χ0n) is 15.5. The van der Waals surface area contributed by atoms with Crippen molar-refractivity contribution in [1.82, 2.24) is 5.32 Å². The van der Waals surface area contributed by atoms with E-state index in [0.717, 1.165) is 22.9 Å². The Balaban J connectivity index is 1.60. The standard InChI is InChI=1S/C22H26BrNO2/c1-3-21(18-9-8-16-6-4-5-7-17(16)13-18)24-22(25)14-26-19-10-11-20(23)15(2)12-19/h8-13,21H,3-7,14H2,1-2H3,(H,24,25)/t21-/m0/s1. The molecule has 1 atom stereocenters. The largest absolute Gasteiger partial charge is 0.484 e. The van der Waals surface area contributed by atoms with Crippen molar-refractivity contribution in [3.8, 4) is 5.75 Å². The van der Waals surface area contributed by atoms with Crippen LogP contribution in [-0.2, 0) is 17.6 Å². The number of hydrogen-bond acceptors (Lipinski definition) is 2. The molecule has 1 N–H and O–H groups in total. The Morgan fingerprint density at radius 1 is 1.15 bits per heavy atom. The molecule has 0 saturated carbocycles. The first kappa shape index (κ1) is 19.0.